The monoisotopic (exact) mass is 222 g/mol. The molecule has 16 heavy (non-hydrogen) atoms. The number of ether oxygens (including phenoxy) is 1. The van der Waals surface area contributed by atoms with E-state index in [1.54, 1.807) is 0 Å². The molecule has 0 saturated heterocycles. The Hall–Kier alpha value is -2.24. The fourth-order valence-electron chi connectivity index (χ4n) is 1.30. The van der Waals surface area contributed by atoms with E-state index in [1.165, 1.54) is 12.3 Å². The third-order valence-corrected chi connectivity index (χ3v) is 2.04. The van der Waals surface area contributed by atoms with E-state index in [9.17, 15) is 14.0 Å². The Kier molecular flexibility index (Phi) is 2.40. The maximum absolute atomic E-state index is 13.3. The molecule has 2 heterocycles. The minimum atomic E-state index is -0.775. The Balaban J connectivity index is 2.80. The van der Waals surface area contributed by atoms with E-state index < -0.39 is 17.3 Å². The van der Waals surface area contributed by atoms with Crippen molar-refractivity contribution in [3.8, 4) is 0 Å². The minimum absolute atomic E-state index is 0.199. The summed E-state index contributed by atoms with van der Waals surface area (Å²) >= 11 is 0. The molecule has 6 heteroatoms. The number of hydrogen-bond donors (Lipinski definition) is 0. The van der Waals surface area contributed by atoms with Crippen LogP contribution in [0, 0.1) is 5.82 Å². The Morgan fingerprint density at radius 1 is 1.56 bits per heavy atom. The normalized spacial score (nSPS) is 10.4. The van der Waals surface area contributed by atoms with Crippen LogP contribution in [0.3, 0.4) is 0 Å². The topological polar surface area (TPSA) is 60.7 Å². The van der Waals surface area contributed by atoms with Gasteiger partial charge in [0, 0.05) is 12.3 Å². The molecule has 0 aliphatic heterocycles. The summed E-state index contributed by atoms with van der Waals surface area (Å²) in [5, 5.41) is 0. The molecule has 0 unspecified atom stereocenters. The largest absolute Gasteiger partial charge is 0.464 e. The second kappa shape index (κ2) is 3.73. The summed E-state index contributed by atoms with van der Waals surface area (Å²) in [5.41, 5.74) is -0.946. The molecule has 2 aromatic heterocycles. The zero-order valence-electron chi connectivity index (χ0n) is 8.31. The minimum Gasteiger partial charge on any atom is -0.464 e. The van der Waals surface area contributed by atoms with Crippen LogP contribution in [0.1, 0.15) is 10.5 Å². The van der Waals surface area contributed by atoms with Crippen LogP contribution in [0.25, 0.3) is 5.65 Å². The van der Waals surface area contributed by atoms with Crippen LogP contribution in [0.15, 0.2) is 29.2 Å². The van der Waals surface area contributed by atoms with Crippen molar-refractivity contribution < 1.29 is 13.9 Å². The molecule has 0 bridgehead atoms. The summed E-state index contributed by atoms with van der Waals surface area (Å²) < 4.78 is 18.8. The lowest BCUT2D eigenvalue weighted by atomic mass is 10.3. The van der Waals surface area contributed by atoms with Gasteiger partial charge in [-0.25, -0.2) is 14.2 Å². The summed E-state index contributed by atoms with van der Waals surface area (Å²) in [6.45, 7) is 0. The summed E-state index contributed by atoms with van der Waals surface area (Å²) in [7, 11) is 1.16. The number of pyridine rings is 1. The maximum Gasteiger partial charge on any atom is 0.356 e. The summed E-state index contributed by atoms with van der Waals surface area (Å²) in [5.74, 6) is -1.45. The van der Waals surface area contributed by atoms with Crippen molar-refractivity contribution >= 4 is 11.6 Å². The zero-order chi connectivity index (χ0) is 11.7. The molecular formula is C10H7FN2O3. The smallest absolute Gasteiger partial charge is 0.356 e. The number of nitrogens with zero attached hydrogens (tertiary/aromatic N) is 2. The van der Waals surface area contributed by atoms with Crippen LogP contribution in [-0.2, 0) is 4.74 Å². The van der Waals surface area contributed by atoms with Gasteiger partial charge < -0.3 is 4.74 Å². The highest BCUT2D eigenvalue weighted by Gasteiger charge is 2.12. The molecule has 0 fully saturated rings. The lowest BCUT2D eigenvalue weighted by Gasteiger charge is -2.02. The van der Waals surface area contributed by atoms with Gasteiger partial charge in [0.15, 0.2) is 17.2 Å². The van der Waals surface area contributed by atoms with Crippen molar-refractivity contribution in [2.45, 2.75) is 0 Å². The highest BCUT2D eigenvalue weighted by molar-refractivity contribution is 5.87. The van der Waals surface area contributed by atoms with Crippen molar-refractivity contribution in [3.05, 3.63) is 46.3 Å². The van der Waals surface area contributed by atoms with Gasteiger partial charge in [0.05, 0.1) is 7.11 Å². The van der Waals surface area contributed by atoms with E-state index in [0.717, 1.165) is 23.6 Å². The standard InChI is InChI=1S/C10H7FN2O3/c1-16-10(15)7-5-8(14)13-4-2-3-6(11)9(13)12-7/h2-5H,1H3. The van der Waals surface area contributed by atoms with Crippen molar-refractivity contribution in [1.82, 2.24) is 9.38 Å². The number of aromatic nitrogens is 2. The summed E-state index contributed by atoms with van der Waals surface area (Å²) in [6.07, 6.45) is 1.37. The highest BCUT2D eigenvalue weighted by atomic mass is 19.1. The fourth-order valence-corrected chi connectivity index (χ4v) is 1.30. The molecule has 0 radical (unpaired) electrons. The van der Waals surface area contributed by atoms with Gasteiger partial charge in [-0.1, -0.05) is 0 Å². The molecule has 0 saturated carbocycles. The van der Waals surface area contributed by atoms with Gasteiger partial charge in [-0.05, 0) is 12.1 Å². The predicted octanol–water partition coefficient (Wildman–Crippen LogP) is 0.620. The Bertz CT molecular complexity index is 621. The molecule has 5 nitrogen and oxygen atoms in total. The van der Waals surface area contributed by atoms with E-state index in [2.05, 4.69) is 9.72 Å². The van der Waals surface area contributed by atoms with Gasteiger partial charge in [-0.3, -0.25) is 9.20 Å². The fraction of sp³-hybridized carbons (Fsp3) is 0.100. The van der Waals surface area contributed by atoms with Gasteiger partial charge >= 0.3 is 5.97 Å². The third kappa shape index (κ3) is 1.54. The Labute approximate surface area is 89.1 Å². The lowest BCUT2D eigenvalue weighted by Crippen LogP contribution is -2.19. The number of methoxy groups -OCH3 is 1. The SMILES string of the molecule is COC(=O)c1cc(=O)n2cccc(F)c2n1. The van der Waals surface area contributed by atoms with Crippen molar-refractivity contribution in [1.29, 1.82) is 0 Å². The highest BCUT2D eigenvalue weighted by Crippen LogP contribution is 2.05. The maximum atomic E-state index is 13.3. The number of rotatable bonds is 1. The first-order valence-corrected chi connectivity index (χ1v) is 4.39. The Morgan fingerprint density at radius 2 is 2.31 bits per heavy atom. The second-order valence-electron chi connectivity index (χ2n) is 3.02. The molecule has 0 aliphatic carbocycles. The van der Waals surface area contributed by atoms with Gasteiger partial charge in [0.25, 0.3) is 5.56 Å². The van der Waals surface area contributed by atoms with E-state index >= 15 is 0 Å². The first kappa shape index (κ1) is 10.3. The van der Waals surface area contributed by atoms with E-state index in [-0.39, 0.29) is 11.3 Å². The van der Waals surface area contributed by atoms with E-state index in [4.69, 9.17) is 0 Å². The molecule has 0 N–H and O–H groups in total. The number of halogens is 1. The molecule has 0 amide bonds. The van der Waals surface area contributed by atoms with Crippen LogP contribution in [0.2, 0.25) is 0 Å². The van der Waals surface area contributed by atoms with E-state index in [1.807, 2.05) is 0 Å². The van der Waals surface area contributed by atoms with Crippen LogP contribution >= 0.6 is 0 Å². The molecular weight excluding hydrogens is 215 g/mol. The number of carbonyl (C=O) groups excluding carboxylic acids is 1. The number of fused-ring (bicyclic) bond motifs is 1. The molecule has 2 rings (SSSR count). The average molecular weight is 222 g/mol. The lowest BCUT2D eigenvalue weighted by molar-refractivity contribution is 0.0594. The second-order valence-corrected chi connectivity index (χ2v) is 3.02. The zero-order valence-corrected chi connectivity index (χ0v) is 8.31. The van der Waals surface area contributed by atoms with Gasteiger partial charge in [-0.15, -0.1) is 0 Å². The van der Waals surface area contributed by atoms with Gasteiger partial charge in [0.2, 0.25) is 0 Å². The molecule has 0 aliphatic rings. The number of esters is 1. The summed E-state index contributed by atoms with van der Waals surface area (Å²) in [4.78, 5) is 26.4. The van der Waals surface area contributed by atoms with Crippen LogP contribution in [0.4, 0.5) is 4.39 Å². The van der Waals surface area contributed by atoms with Crippen LogP contribution < -0.4 is 5.56 Å². The predicted molar refractivity (Wildman–Crippen MR) is 52.8 cm³/mol. The van der Waals surface area contributed by atoms with Gasteiger partial charge in [-0.2, -0.15) is 0 Å². The van der Waals surface area contributed by atoms with E-state index in [0.29, 0.717) is 0 Å². The first-order chi connectivity index (χ1) is 7.63. The van der Waals surface area contributed by atoms with Gasteiger partial charge in [0.1, 0.15) is 0 Å². The Morgan fingerprint density at radius 3 is 3.00 bits per heavy atom. The van der Waals surface area contributed by atoms with Crippen LogP contribution in [-0.4, -0.2) is 22.5 Å². The van der Waals surface area contributed by atoms with Crippen LogP contribution in [0.5, 0.6) is 0 Å². The van der Waals surface area contributed by atoms with Crippen molar-refractivity contribution in [2.75, 3.05) is 7.11 Å². The molecule has 2 aromatic rings. The number of carbonyl (C=O) groups is 1. The average Bonchev–Trinajstić information content (AvgIpc) is 2.29. The molecule has 0 aromatic carbocycles. The quantitative estimate of drug-likeness (QED) is 0.663. The first-order valence-electron chi connectivity index (χ1n) is 4.39. The van der Waals surface area contributed by atoms with Crippen molar-refractivity contribution in [3.63, 3.8) is 0 Å². The van der Waals surface area contributed by atoms with Crippen molar-refractivity contribution in [2.24, 2.45) is 0 Å². The molecule has 0 atom stereocenters. The molecule has 0 spiro atoms. The number of hydrogen-bond acceptors (Lipinski definition) is 4. The summed E-state index contributed by atoms with van der Waals surface area (Å²) in [6, 6.07) is 3.53. The third-order valence-electron chi connectivity index (χ3n) is 2.04. The molecule has 82 valence electrons.